The molecule has 0 amide bonds. The topological polar surface area (TPSA) is 98.2 Å². The molecule has 0 saturated carbocycles. The van der Waals surface area contributed by atoms with Crippen LogP contribution in [0.15, 0.2) is 41.2 Å². The van der Waals surface area contributed by atoms with Crippen molar-refractivity contribution in [3.63, 3.8) is 0 Å². The molecule has 0 aliphatic heterocycles. The molecule has 17 heavy (non-hydrogen) atoms. The first-order valence-electron chi connectivity index (χ1n) is 4.79. The second-order valence-electron chi connectivity index (χ2n) is 3.52. The summed E-state index contributed by atoms with van der Waals surface area (Å²) in [5.41, 5.74) is 7.02. The number of hydrogen-bond acceptors (Lipinski definition) is 5. The minimum absolute atomic E-state index is 0.150. The number of benzene rings is 1. The van der Waals surface area contributed by atoms with Gasteiger partial charge >= 0.3 is 0 Å². The summed E-state index contributed by atoms with van der Waals surface area (Å²) in [4.78, 5) is 0. The van der Waals surface area contributed by atoms with Gasteiger partial charge in [0.1, 0.15) is 12.0 Å². The van der Waals surface area contributed by atoms with E-state index in [9.17, 15) is 8.42 Å². The smallest absolute Gasteiger partial charge is 0.237 e. The summed E-state index contributed by atoms with van der Waals surface area (Å²) in [6.45, 7) is 0. The van der Waals surface area contributed by atoms with Crippen molar-refractivity contribution in [3.8, 4) is 0 Å². The summed E-state index contributed by atoms with van der Waals surface area (Å²) in [7, 11) is -3.48. The second kappa shape index (κ2) is 4.46. The van der Waals surface area contributed by atoms with Gasteiger partial charge in [0.25, 0.3) is 0 Å². The molecule has 0 saturated heterocycles. The maximum absolute atomic E-state index is 11.8. The lowest BCUT2D eigenvalue weighted by Crippen LogP contribution is -2.14. The van der Waals surface area contributed by atoms with Crippen molar-refractivity contribution >= 4 is 21.4 Å². The molecule has 0 atom stereocenters. The number of nitrogens with one attached hydrogen (secondary N) is 1. The van der Waals surface area contributed by atoms with Crippen molar-refractivity contribution in [3.05, 3.63) is 42.3 Å². The molecule has 2 aromatic rings. The van der Waals surface area contributed by atoms with Crippen LogP contribution < -0.4 is 10.5 Å². The van der Waals surface area contributed by atoms with E-state index in [1.54, 1.807) is 24.3 Å². The molecule has 0 unspecified atom stereocenters. The van der Waals surface area contributed by atoms with E-state index in [4.69, 9.17) is 5.73 Å². The molecule has 6 nitrogen and oxygen atoms in total. The fourth-order valence-electron chi connectivity index (χ4n) is 1.37. The van der Waals surface area contributed by atoms with E-state index in [1.807, 2.05) is 0 Å². The highest BCUT2D eigenvalue weighted by molar-refractivity contribution is 7.91. The number of rotatable bonds is 4. The Morgan fingerprint density at radius 1 is 1.41 bits per heavy atom. The average Bonchev–Trinajstić information content (AvgIpc) is 2.68. The van der Waals surface area contributed by atoms with Crippen LogP contribution in [0.4, 0.5) is 11.4 Å². The molecule has 7 heteroatoms. The third kappa shape index (κ3) is 3.22. The van der Waals surface area contributed by atoms with Crippen molar-refractivity contribution in [2.24, 2.45) is 0 Å². The zero-order valence-electron chi connectivity index (χ0n) is 8.83. The van der Waals surface area contributed by atoms with Gasteiger partial charge in [-0.05, 0) is 17.7 Å². The van der Waals surface area contributed by atoms with Crippen LogP contribution in [0.1, 0.15) is 5.56 Å². The molecule has 1 heterocycles. The van der Waals surface area contributed by atoms with Crippen LogP contribution in [-0.2, 0) is 15.8 Å². The molecule has 0 aliphatic carbocycles. The van der Waals surface area contributed by atoms with Gasteiger partial charge in [0, 0.05) is 5.69 Å². The van der Waals surface area contributed by atoms with E-state index in [-0.39, 0.29) is 5.75 Å². The van der Waals surface area contributed by atoms with E-state index in [0.29, 0.717) is 16.9 Å². The highest BCUT2D eigenvalue weighted by Crippen LogP contribution is 2.13. The van der Waals surface area contributed by atoms with E-state index >= 15 is 0 Å². The van der Waals surface area contributed by atoms with Gasteiger partial charge in [-0.1, -0.05) is 17.3 Å². The Morgan fingerprint density at radius 3 is 2.88 bits per heavy atom. The SMILES string of the molecule is Nc1cccc(CS(=O)(=O)Nc2cnoc2)c1. The normalized spacial score (nSPS) is 11.3. The van der Waals surface area contributed by atoms with E-state index < -0.39 is 10.0 Å². The zero-order chi connectivity index (χ0) is 12.3. The minimum Gasteiger partial charge on any atom is -0.399 e. The lowest BCUT2D eigenvalue weighted by Gasteiger charge is -2.05. The van der Waals surface area contributed by atoms with Crippen LogP contribution in [0.25, 0.3) is 0 Å². The molecule has 0 spiro atoms. The van der Waals surface area contributed by atoms with Gasteiger partial charge in [0.2, 0.25) is 10.0 Å². The van der Waals surface area contributed by atoms with E-state index in [1.165, 1.54) is 12.5 Å². The van der Waals surface area contributed by atoms with Crippen LogP contribution in [0.3, 0.4) is 0 Å². The second-order valence-corrected chi connectivity index (χ2v) is 5.24. The third-order valence-electron chi connectivity index (χ3n) is 2.01. The Labute approximate surface area is 98.5 Å². The first kappa shape index (κ1) is 11.5. The predicted octanol–water partition coefficient (Wildman–Crippen LogP) is 1.20. The summed E-state index contributed by atoms with van der Waals surface area (Å²) in [6, 6.07) is 6.72. The molecule has 3 N–H and O–H groups in total. The van der Waals surface area contributed by atoms with Crippen molar-refractivity contribution in [1.82, 2.24) is 5.16 Å². The van der Waals surface area contributed by atoms with Crippen molar-refractivity contribution in [2.75, 3.05) is 10.5 Å². The maximum Gasteiger partial charge on any atom is 0.237 e. The molecule has 0 aliphatic rings. The van der Waals surface area contributed by atoms with Crippen molar-refractivity contribution in [1.29, 1.82) is 0 Å². The van der Waals surface area contributed by atoms with Crippen LogP contribution in [0.2, 0.25) is 0 Å². The summed E-state index contributed by atoms with van der Waals surface area (Å²) < 4.78 is 30.4. The number of anilines is 2. The minimum atomic E-state index is -3.48. The van der Waals surface area contributed by atoms with Gasteiger partial charge < -0.3 is 10.3 Å². The maximum atomic E-state index is 11.8. The van der Waals surface area contributed by atoms with Gasteiger partial charge in [-0.3, -0.25) is 4.72 Å². The third-order valence-corrected chi connectivity index (χ3v) is 3.27. The van der Waals surface area contributed by atoms with Gasteiger partial charge in [-0.2, -0.15) is 0 Å². The van der Waals surface area contributed by atoms with E-state index in [0.717, 1.165) is 0 Å². The Balaban J connectivity index is 2.12. The summed E-state index contributed by atoms with van der Waals surface area (Å²) >= 11 is 0. The van der Waals surface area contributed by atoms with Gasteiger partial charge in [-0.25, -0.2) is 8.42 Å². The fourth-order valence-corrected chi connectivity index (χ4v) is 2.52. The predicted molar refractivity (Wildman–Crippen MR) is 63.6 cm³/mol. The Kier molecular flexibility index (Phi) is 3.01. The summed E-state index contributed by atoms with van der Waals surface area (Å²) in [6.07, 6.45) is 2.51. The Hall–Kier alpha value is -2.02. The van der Waals surface area contributed by atoms with Crippen molar-refractivity contribution < 1.29 is 12.9 Å². The highest BCUT2D eigenvalue weighted by atomic mass is 32.2. The van der Waals surface area contributed by atoms with Crippen LogP contribution in [-0.4, -0.2) is 13.6 Å². The number of nitrogen functional groups attached to an aromatic ring is 1. The van der Waals surface area contributed by atoms with Crippen molar-refractivity contribution in [2.45, 2.75) is 5.75 Å². The lowest BCUT2D eigenvalue weighted by molar-refractivity contribution is 0.420. The largest absolute Gasteiger partial charge is 0.399 e. The quantitative estimate of drug-likeness (QED) is 0.798. The first-order chi connectivity index (χ1) is 8.05. The Morgan fingerprint density at radius 2 is 2.24 bits per heavy atom. The molecule has 0 fully saturated rings. The van der Waals surface area contributed by atoms with Crippen LogP contribution in [0, 0.1) is 0 Å². The van der Waals surface area contributed by atoms with E-state index in [2.05, 4.69) is 14.4 Å². The zero-order valence-corrected chi connectivity index (χ0v) is 9.65. The average molecular weight is 253 g/mol. The van der Waals surface area contributed by atoms with Gasteiger partial charge in [0.05, 0.1) is 11.9 Å². The lowest BCUT2D eigenvalue weighted by atomic mass is 10.2. The number of hydrogen-bond donors (Lipinski definition) is 2. The molecule has 90 valence electrons. The Bertz CT molecular complexity index is 593. The number of nitrogens with zero attached hydrogens (tertiary/aromatic N) is 1. The first-order valence-corrected chi connectivity index (χ1v) is 6.45. The molecule has 1 aromatic heterocycles. The number of sulfonamides is 1. The fraction of sp³-hybridized carbons (Fsp3) is 0.100. The molecular formula is C10H11N3O3S. The molecule has 1 aromatic carbocycles. The molecular weight excluding hydrogens is 242 g/mol. The molecule has 0 radical (unpaired) electrons. The highest BCUT2D eigenvalue weighted by Gasteiger charge is 2.12. The summed E-state index contributed by atoms with van der Waals surface area (Å²) in [5.74, 6) is -0.150. The van der Waals surface area contributed by atoms with Crippen LogP contribution in [0.5, 0.6) is 0 Å². The van der Waals surface area contributed by atoms with Gasteiger partial charge in [0.15, 0.2) is 0 Å². The number of aromatic nitrogens is 1. The number of nitrogens with two attached hydrogens (primary N) is 1. The molecule has 2 rings (SSSR count). The molecule has 0 bridgehead atoms. The van der Waals surface area contributed by atoms with Crippen LogP contribution >= 0.6 is 0 Å². The van der Waals surface area contributed by atoms with Gasteiger partial charge in [-0.15, -0.1) is 0 Å². The monoisotopic (exact) mass is 253 g/mol. The standard InChI is InChI=1S/C10H11N3O3S/c11-9-3-1-2-8(4-9)7-17(14,15)13-10-5-12-16-6-10/h1-6,13H,7,11H2. The summed E-state index contributed by atoms with van der Waals surface area (Å²) in [5, 5.41) is 3.41.